The van der Waals surface area contributed by atoms with E-state index in [0.29, 0.717) is 18.7 Å². The molecule has 0 aliphatic carbocycles. The fourth-order valence-electron chi connectivity index (χ4n) is 1.56. The molecule has 18 heavy (non-hydrogen) atoms. The highest BCUT2D eigenvalue weighted by Gasteiger charge is 2.08. The van der Waals surface area contributed by atoms with E-state index in [1.54, 1.807) is 6.92 Å². The van der Waals surface area contributed by atoms with E-state index in [0.717, 1.165) is 5.56 Å². The minimum atomic E-state index is -0.515. The molecule has 0 unspecified atom stereocenters. The van der Waals surface area contributed by atoms with E-state index in [1.807, 2.05) is 24.3 Å². The van der Waals surface area contributed by atoms with Gasteiger partial charge >= 0.3 is 0 Å². The summed E-state index contributed by atoms with van der Waals surface area (Å²) in [5.74, 6) is -0.532. The molecule has 0 saturated heterocycles. The van der Waals surface area contributed by atoms with Crippen LogP contribution in [-0.2, 0) is 6.42 Å². The SMILES string of the molecule is Cc1ncnc(OCCc2ccccc2N)c1F. The van der Waals surface area contributed by atoms with E-state index in [2.05, 4.69) is 9.97 Å². The van der Waals surface area contributed by atoms with Crippen LogP contribution in [0.5, 0.6) is 5.88 Å². The van der Waals surface area contributed by atoms with Gasteiger partial charge in [0.2, 0.25) is 5.82 Å². The van der Waals surface area contributed by atoms with Gasteiger partial charge in [-0.15, -0.1) is 0 Å². The maximum atomic E-state index is 13.5. The highest BCUT2D eigenvalue weighted by molar-refractivity contribution is 5.46. The predicted molar refractivity (Wildman–Crippen MR) is 66.8 cm³/mol. The smallest absolute Gasteiger partial charge is 0.253 e. The molecule has 4 nitrogen and oxygen atoms in total. The molecule has 0 fully saturated rings. The summed E-state index contributed by atoms with van der Waals surface area (Å²) >= 11 is 0. The highest BCUT2D eigenvalue weighted by atomic mass is 19.1. The van der Waals surface area contributed by atoms with Gasteiger partial charge in [0.25, 0.3) is 5.88 Å². The van der Waals surface area contributed by atoms with E-state index in [1.165, 1.54) is 6.33 Å². The maximum absolute atomic E-state index is 13.5. The lowest BCUT2D eigenvalue weighted by atomic mass is 10.1. The molecule has 0 amide bonds. The van der Waals surface area contributed by atoms with Gasteiger partial charge in [-0.1, -0.05) is 18.2 Å². The number of nitrogens with zero attached hydrogens (tertiary/aromatic N) is 2. The van der Waals surface area contributed by atoms with Gasteiger partial charge in [-0.25, -0.2) is 4.98 Å². The van der Waals surface area contributed by atoms with Gasteiger partial charge < -0.3 is 10.5 Å². The molecule has 0 atom stereocenters. The van der Waals surface area contributed by atoms with Crippen LogP contribution in [0.15, 0.2) is 30.6 Å². The van der Waals surface area contributed by atoms with Gasteiger partial charge in [-0.3, -0.25) is 0 Å². The molecule has 1 aromatic heterocycles. The predicted octanol–water partition coefficient (Wildman–Crippen LogP) is 2.13. The Labute approximate surface area is 105 Å². The van der Waals surface area contributed by atoms with Gasteiger partial charge in [0.05, 0.1) is 12.3 Å². The monoisotopic (exact) mass is 247 g/mol. The molecule has 2 aromatic rings. The summed E-state index contributed by atoms with van der Waals surface area (Å²) in [4.78, 5) is 7.49. The normalized spacial score (nSPS) is 10.3. The Kier molecular flexibility index (Phi) is 3.72. The lowest BCUT2D eigenvalue weighted by Gasteiger charge is -2.08. The Morgan fingerprint density at radius 1 is 1.28 bits per heavy atom. The largest absolute Gasteiger partial charge is 0.475 e. The van der Waals surface area contributed by atoms with Crippen LogP contribution in [0.1, 0.15) is 11.3 Å². The summed E-state index contributed by atoms with van der Waals surface area (Å²) in [6.45, 7) is 1.89. The zero-order valence-corrected chi connectivity index (χ0v) is 10.1. The number of aromatic nitrogens is 2. The zero-order valence-electron chi connectivity index (χ0n) is 10.1. The number of halogens is 1. The summed E-state index contributed by atoms with van der Waals surface area (Å²) in [7, 11) is 0. The fourth-order valence-corrected chi connectivity index (χ4v) is 1.56. The molecule has 94 valence electrons. The maximum Gasteiger partial charge on any atom is 0.253 e. The van der Waals surface area contributed by atoms with Gasteiger partial charge in [0, 0.05) is 12.1 Å². The number of para-hydroxylation sites is 1. The van der Waals surface area contributed by atoms with Crippen molar-refractivity contribution in [2.75, 3.05) is 12.3 Å². The van der Waals surface area contributed by atoms with Crippen molar-refractivity contribution < 1.29 is 9.13 Å². The Morgan fingerprint density at radius 3 is 2.83 bits per heavy atom. The van der Waals surface area contributed by atoms with Crippen molar-refractivity contribution >= 4 is 5.69 Å². The molecule has 0 saturated carbocycles. The zero-order chi connectivity index (χ0) is 13.0. The molecule has 0 spiro atoms. The minimum Gasteiger partial charge on any atom is -0.475 e. The molecule has 2 N–H and O–H groups in total. The third-order valence-corrected chi connectivity index (χ3v) is 2.60. The van der Waals surface area contributed by atoms with Crippen LogP contribution >= 0.6 is 0 Å². The number of hydrogen-bond acceptors (Lipinski definition) is 4. The number of hydrogen-bond donors (Lipinski definition) is 1. The fraction of sp³-hybridized carbons (Fsp3) is 0.231. The van der Waals surface area contributed by atoms with E-state index in [-0.39, 0.29) is 11.6 Å². The van der Waals surface area contributed by atoms with Crippen LogP contribution in [0.25, 0.3) is 0 Å². The molecular formula is C13H14FN3O. The number of ether oxygens (including phenoxy) is 1. The minimum absolute atomic E-state index is 0.0167. The first-order valence-electron chi connectivity index (χ1n) is 5.61. The number of nitrogen functional groups attached to an aromatic ring is 1. The lowest BCUT2D eigenvalue weighted by molar-refractivity contribution is 0.290. The summed E-state index contributed by atoms with van der Waals surface area (Å²) in [5, 5.41) is 0. The highest BCUT2D eigenvalue weighted by Crippen LogP contribution is 2.16. The van der Waals surface area contributed by atoms with Crippen molar-refractivity contribution in [2.24, 2.45) is 0 Å². The Morgan fingerprint density at radius 2 is 2.06 bits per heavy atom. The second-order valence-corrected chi connectivity index (χ2v) is 3.88. The average Bonchev–Trinajstić information content (AvgIpc) is 2.37. The second-order valence-electron chi connectivity index (χ2n) is 3.88. The Balaban J connectivity index is 1.97. The third kappa shape index (κ3) is 2.74. The van der Waals surface area contributed by atoms with Crippen LogP contribution in [-0.4, -0.2) is 16.6 Å². The standard InChI is InChI=1S/C13H14FN3O/c1-9-12(14)13(17-8-16-9)18-7-6-10-4-2-3-5-11(10)15/h2-5,8H,6-7,15H2,1H3. The summed E-state index contributed by atoms with van der Waals surface area (Å²) < 4.78 is 18.8. The molecule has 1 aromatic carbocycles. The molecule has 1 heterocycles. The first kappa shape index (κ1) is 12.3. The van der Waals surface area contributed by atoms with Crippen molar-refractivity contribution in [1.82, 2.24) is 9.97 Å². The summed E-state index contributed by atoms with van der Waals surface area (Å²) in [6.07, 6.45) is 1.89. The van der Waals surface area contributed by atoms with Crippen LogP contribution in [0.3, 0.4) is 0 Å². The molecule has 0 aliphatic heterocycles. The van der Waals surface area contributed by atoms with Crippen LogP contribution in [0.4, 0.5) is 10.1 Å². The van der Waals surface area contributed by atoms with Gasteiger partial charge in [-0.05, 0) is 18.6 Å². The van der Waals surface area contributed by atoms with Crippen LogP contribution < -0.4 is 10.5 Å². The Hall–Kier alpha value is -2.17. The first-order valence-corrected chi connectivity index (χ1v) is 5.61. The first-order chi connectivity index (χ1) is 8.68. The molecule has 0 radical (unpaired) electrons. The van der Waals surface area contributed by atoms with E-state index in [4.69, 9.17) is 10.5 Å². The van der Waals surface area contributed by atoms with Crippen LogP contribution in [0, 0.1) is 12.7 Å². The van der Waals surface area contributed by atoms with Crippen molar-refractivity contribution in [3.8, 4) is 5.88 Å². The summed E-state index contributed by atoms with van der Waals surface area (Å²) in [5.41, 5.74) is 7.76. The molecule has 2 rings (SSSR count). The lowest BCUT2D eigenvalue weighted by Crippen LogP contribution is -2.07. The molecule has 0 aliphatic rings. The molecular weight excluding hydrogens is 233 g/mol. The number of rotatable bonds is 4. The number of benzene rings is 1. The second kappa shape index (κ2) is 5.44. The van der Waals surface area contributed by atoms with Crippen molar-refractivity contribution in [3.63, 3.8) is 0 Å². The van der Waals surface area contributed by atoms with Gasteiger partial charge in [0.1, 0.15) is 6.33 Å². The van der Waals surface area contributed by atoms with E-state index >= 15 is 0 Å². The average molecular weight is 247 g/mol. The van der Waals surface area contributed by atoms with Gasteiger partial charge in [0.15, 0.2) is 0 Å². The number of aryl methyl sites for hydroxylation is 1. The summed E-state index contributed by atoms with van der Waals surface area (Å²) in [6, 6.07) is 7.51. The Bertz CT molecular complexity index is 546. The van der Waals surface area contributed by atoms with E-state index in [9.17, 15) is 4.39 Å². The van der Waals surface area contributed by atoms with Crippen LogP contribution in [0.2, 0.25) is 0 Å². The topological polar surface area (TPSA) is 61.0 Å². The van der Waals surface area contributed by atoms with Crippen molar-refractivity contribution in [3.05, 3.63) is 47.7 Å². The van der Waals surface area contributed by atoms with Crippen molar-refractivity contribution in [1.29, 1.82) is 0 Å². The van der Waals surface area contributed by atoms with Gasteiger partial charge in [-0.2, -0.15) is 9.37 Å². The number of anilines is 1. The molecule has 0 bridgehead atoms. The quantitative estimate of drug-likeness (QED) is 0.841. The molecule has 5 heteroatoms. The van der Waals surface area contributed by atoms with Crippen molar-refractivity contribution in [2.45, 2.75) is 13.3 Å². The third-order valence-electron chi connectivity index (χ3n) is 2.60. The number of nitrogens with two attached hydrogens (primary N) is 1. The van der Waals surface area contributed by atoms with E-state index < -0.39 is 5.82 Å².